The van der Waals surface area contributed by atoms with Crippen molar-refractivity contribution in [1.82, 2.24) is 0 Å². The Balaban J connectivity index is 1.67. The number of carbonyl (C=O) groups excluding carboxylic acids is 3. The molecule has 0 aliphatic carbocycles. The van der Waals surface area contributed by atoms with Crippen LogP contribution in [0.25, 0.3) is 0 Å². The average molecular weight is 489 g/mol. The van der Waals surface area contributed by atoms with E-state index in [0.717, 1.165) is 0 Å². The van der Waals surface area contributed by atoms with Gasteiger partial charge in [0.1, 0.15) is 5.60 Å². The minimum atomic E-state index is -1.13. The van der Waals surface area contributed by atoms with Crippen molar-refractivity contribution < 1.29 is 33.3 Å². The summed E-state index contributed by atoms with van der Waals surface area (Å²) in [6.07, 6.45) is -3.89. The molecule has 7 nitrogen and oxygen atoms in total. The van der Waals surface area contributed by atoms with E-state index < -0.39 is 47.9 Å². The summed E-state index contributed by atoms with van der Waals surface area (Å²) in [5, 5.41) is 0. The van der Waals surface area contributed by atoms with E-state index in [1.807, 2.05) is 0 Å². The summed E-state index contributed by atoms with van der Waals surface area (Å²) < 4.78 is 23.7. The fourth-order valence-electron chi connectivity index (χ4n) is 4.24. The fraction of sp³-hybridized carbons (Fsp3) is 0.276. The molecule has 0 spiro atoms. The van der Waals surface area contributed by atoms with Crippen molar-refractivity contribution in [3.63, 3.8) is 0 Å². The van der Waals surface area contributed by atoms with Gasteiger partial charge in [0, 0.05) is 0 Å². The lowest BCUT2D eigenvalue weighted by atomic mass is 9.87. The number of ether oxygens (including phenoxy) is 4. The van der Waals surface area contributed by atoms with Gasteiger partial charge in [0.15, 0.2) is 18.3 Å². The van der Waals surface area contributed by atoms with Gasteiger partial charge in [0.2, 0.25) is 0 Å². The summed E-state index contributed by atoms with van der Waals surface area (Å²) in [5.41, 5.74) is -0.0738. The Bertz CT molecular complexity index is 1190. The molecule has 4 atom stereocenters. The molecular weight excluding hydrogens is 460 g/mol. The Hall–Kier alpha value is -3.97. The quantitative estimate of drug-likeness (QED) is 0.362. The number of carbonyl (C=O) groups is 3. The second kappa shape index (κ2) is 10.7. The summed E-state index contributed by atoms with van der Waals surface area (Å²) in [6, 6.07) is 25.4. The first kappa shape index (κ1) is 25.1. The Morgan fingerprint density at radius 2 is 0.972 bits per heavy atom. The lowest BCUT2D eigenvalue weighted by molar-refractivity contribution is -0.250. The van der Waals surface area contributed by atoms with Crippen molar-refractivity contribution in [2.45, 2.75) is 50.8 Å². The third-order valence-corrected chi connectivity index (χ3v) is 6.01. The maximum atomic E-state index is 13.1. The van der Waals surface area contributed by atoms with Crippen LogP contribution < -0.4 is 0 Å². The van der Waals surface area contributed by atoms with Gasteiger partial charge in [-0.1, -0.05) is 54.6 Å². The number of hydrogen-bond donors (Lipinski definition) is 0. The molecule has 0 saturated carbocycles. The molecule has 1 aliphatic heterocycles. The molecule has 7 heteroatoms. The molecule has 36 heavy (non-hydrogen) atoms. The second-order valence-electron chi connectivity index (χ2n) is 9.09. The van der Waals surface area contributed by atoms with Crippen LogP contribution in [0.1, 0.15) is 51.8 Å². The van der Waals surface area contributed by atoms with Crippen LogP contribution in [0.2, 0.25) is 0 Å². The maximum absolute atomic E-state index is 13.1. The van der Waals surface area contributed by atoms with Gasteiger partial charge in [0.25, 0.3) is 0 Å². The van der Waals surface area contributed by atoms with E-state index in [-0.39, 0.29) is 0 Å². The lowest BCUT2D eigenvalue weighted by Gasteiger charge is -2.48. The van der Waals surface area contributed by atoms with Crippen LogP contribution in [0, 0.1) is 0 Å². The third-order valence-electron chi connectivity index (χ3n) is 6.01. The van der Waals surface area contributed by atoms with E-state index in [1.54, 1.807) is 112 Å². The highest BCUT2D eigenvalue weighted by molar-refractivity contribution is 5.91. The Labute approximate surface area is 209 Å². The predicted octanol–water partition coefficient (Wildman–Crippen LogP) is 4.86. The molecule has 1 unspecified atom stereocenters. The topological polar surface area (TPSA) is 88.1 Å². The van der Waals surface area contributed by atoms with Gasteiger partial charge in [-0.3, -0.25) is 0 Å². The zero-order valence-electron chi connectivity index (χ0n) is 20.3. The first-order chi connectivity index (χ1) is 17.3. The molecule has 1 aliphatic rings. The van der Waals surface area contributed by atoms with Crippen molar-refractivity contribution in [3.8, 4) is 0 Å². The number of rotatable bonds is 6. The molecule has 1 saturated heterocycles. The van der Waals surface area contributed by atoms with Crippen LogP contribution in [0.5, 0.6) is 0 Å². The van der Waals surface area contributed by atoms with Gasteiger partial charge >= 0.3 is 17.9 Å². The van der Waals surface area contributed by atoms with Gasteiger partial charge in [-0.2, -0.15) is 0 Å². The standard InChI is InChI=1S/C29H28O7/c1-19-23(33-26(30)20-13-7-4-8-14-20)24(34-27(31)21-15-9-5-10-16-21)25(29(2,3)36-19)35-28(32)22-17-11-6-12-18-22/h4-19,23-25H,1-3H3/t19?,23-,24-,25+/m0/s1. The molecular formula is C29H28O7. The highest BCUT2D eigenvalue weighted by atomic mass is 16.7. The van der Waals surface area contributed by atoms with E-state index >= 15 is 0 Å². The Morgan fingerprint density at radius 3 is 1.39 bits per heavy atom. The summed E-state index contributed by atoms with van der Waals surface area (Å²) in [6.45, 7) is 5.21. The SMILES string of the molecule is CC1OC(C)(C)[C@H](OC(=O)c2ccccc2)[C@@H](OC(=O)c2ccccc2)[C@H]1OC(=O)c1ccccc1. The maximum Gasteiger partial charge on any atom is 0.338 e. The third kappa shape index (κ3) is 5.63. The second-order valence-corrected chi connectivity index (χ2v) is 9.09. The Morgan fingerprint density at radius 1 is 0.611 bits per heavy atom. The number of esters is 3. The normalized spacial score (nSPS) is 22.8. The first-order valence-corrected chi connectivity index (χ1v) is 11.7. The van der Waals surface area contributed by atoms with Crippen LogP contribution in [0.3, 0.4) is 0 Å². The molecule has 3 aromatic rings. The zero-order chi connectivity index (χ0) is 25.7. The summed E-state index contributed by atoms with van der Waals surface area (Å²) in [4.78, 5) is 39.0. The van der Waals surface area contributed by atoms with Crippen LogP contribution in [0.4, 0.5) is 0 Å². The molecule has 0 bridgehead atoms. The van der Waals surface area contributed by atoms with Crippen molar-refractivity contribution in [2.75, 3.05) is 0 Å². The summed E-state index contributed by atoms with van der Waals surface area (Å²) in [7, 11) is 0. The van der Waals surface area contributed by atoms with E-state index in [9.17, 15) is 14.4 Å². The molecule has 3 aromatic carbocycles. The van der Waals surface area contributed by atoms with E-state index in [0.29, 0.717) is 16.7 Å². The van der Waals surface area contributed by atoms with Gasteiger partial charge in [-0.25, -0.2) is 14.4 Å². The number of hydrogen-bond acceptors (Lipinski definition) is 7. The fourth-order valence-corrected chi connectivity index (χ4v) is 4.24. The zero-order valence-corrected chi connectivity index (χ0v) is 20.3. The van der Waals surface area contributed by atoms with Gasteiger partial charge < -0.3 is 18.9 Å². The van der Waals surface area contributed by atoms with Crippen molar-refractivity contribution in [1.29, 1.82) is 0 Å². The molecule has 0 N–H and O–H groups in total. The molecule has 1 heterocycles. The smallest absolute Gasteiger partial charge is 0.338 e. The highest BCUT2D eigenvalue weighted by Crippen LogP contribution is 2.36. The summed E-state index contributed by atoms with van der Waals surface area (Å²) in [5.74, 6) is -1.85. The average Bonchev–Trinajstić information content (AvgIpc) is 2.89. The van der Waals surface area contributed by atoms with Crippen LogP contribution >= 0.6 is 0 Å². The van der Waals surface area contributed by atoms with E-state index in [4.69, 9.17) is 18.9 Å². The lowest BCUT2D eigenvalue weighted by Crippen LogP contribution is -2.64. The monoisotopic (exact) mass is 488 g/mol. The minimum Gasteiger partial charge on any atom is -0.452 e. The molecule has 0 radical (unpaired) electrons. The minimum absolute atomic E-state index is 0.315. The first-order valence-electron chi connectivity index (χ1n) is 11.7. The molecule has 186 valence electrons. The molecule has 4 rings (SSSR count). The van der Waals surface area contributed by atoms with Gasteiger partial charge in [0.05, 0.1) is 22.8 Å². The van der Waals surface area contributed by atoms with Crippen molar-refractivity contribution >= 4 is 17.9 Å². The summed E-state index contributed by atoms with van der Waals surface area (Å²) >= 11 is 0. The van der Waals surface area contributed by atoms with Crippen molar-refractivity contribution in [3.05, 3.63) is 108 Å². The Kier molecular flexibility index (Phi) is 7.50. The van der Waals surface area contributed by atoms with E-state index in [2.05, 4.69) is 0 Å². The van der Waals surface area contributed by atoms with Crippen LogP contribution in [-0.2, 0) is 18.9 Å². The molecule has 0 aromatic heterocycles. The van der Waals surface area contributed by atoms with Crippen LogP contribution in [-0.4, -0.2) is 47.9 Å². The number of benzene rings is 3. The van der Waals surface area contributed by atoms with E-state index in [1.165, 1.54) is 0 Å². The predicted molar refractivity (Wildman–Crippen MR) is 132 cm³/mol. The molecule has 1 fully saturated rings. The largest absolute Gasteiger partial charge is 0.452 e. The molecule has 0 amide bonds. The van der Waals surface area contributed by atoms with Crippen LogP contribution in [0.15, 0.2) is 91.0 Å². The van der Waals surface area contributed by atoms with Gasteiger partial charge in [-0.15, -0.1) is 0 Å². The van der Waals surface area contributed by atoms with Crippen molar-refractivity contribution in [2.24, 2.45) is 0 Å². The van der Waals surface area contributed by atoms with Gasteiger partial charge in [-0.05, 0) is 57.2 Å². The highest BCUT2D eigenvalue weighted by Gasteiger charge is 2.54.